The summed E-state index contributed by atoms with van der Waals surface area (Å²) in [7, 11) is 3.14. The van der Waals surface area contributed by atoms with Crippen LogP contribution in [0, 0.1) is 0 Å². The van der Waals surface area contributed by atoms with Crippen LogP contribution in [0.4, 0.5) is 0 Å². The Morgan fingerprint density at radius 3 is 2.25 bits per heavy atom. The van der Waals surface area contributed by atoms with Crippen LogP contribution in [0.1, 0.15) is 20.3 Å². The number of carbonyl (C=O) groups is 2. The summed E-state index contributed by atoms with van der Waals surface area (Å²) < 4.78 is 4.56. The third-order valence-corrected chi connectivity index (χ3v) is 2.57. The molecule has 0 aliphatic heterocycles. The second-order valence-electron chi connectivity index (χ2n) is 3.60. The van der Waals surface area contributed by atoms with Gasteiger partial charge in [0.1, 0.15) is 0 Å². The average Bonchev–Trinajstić information content (AvgIpc) is 2.32. The van der Waals surface area contributed by atoms with E-state index in [-0.39, 0.29) is 11.9 Å². The van der Waals surface area contributed by atoms with E-state index in [0.29, 0.717) is 26.1 Å². The van der Waals surface area contributed by atoms with Crippen molar-refractivity contribution < 1.29 is 14.3 Å². The van der Waals surface area contributed by atoms with Gasteiger partial charge in [-0.1, -0.05) is 6.92 Å². The molecule has 94 valence electrons. The van der Waals surface area contributed by atoms with Crippen LogP contribution < -0.4 is 0 Å². The topological polar surface area (TPSA) is 49.9 Å². The fourth-order valence-electron chi connectivity index (χ4n) is 1.19. The van der Waals surface area contributed by atoms with Crippen LogP contribution in [0.3, 0.4) is 0 Å². The van der Waals surface area contributed by atoms with Gasteiger partial charge >= 0.3 is 5.97 Å². The van der Waals surface area contributed by atoms with Crippen molar-refractivity contribution in [1.29, 1.82) is 0 Å². The van der Waals surface area contributed by atoms with Gasteiger partial charge in [0.05, 0.1) is 20.1 Å². The molecule has 0 bridgehead atoms. The van der Waals surface area contributed by atoms with E-state index in [1.807, 2.05) is 18.7 Å². The van der Waals surface area contributed by atoms with Gasteiger partial charge in [-0.05, 0) is 13.5 Å². The Kier molecular flexibility index (Phi) is 7.54. The molecular weight excluding hydrogens is 208 g/mol. The SMILES string of the molecule is CCN(CCC(=O)OC)CC(=O)N(C)CC. The Bertz CT molecular complexity index is 231. The number of hydrogen-bond donors (Lipinski definition) is 0. The van der Waals surface area contributed by atoms with E-state index in [1.165, 1.54) is 7.11 Å². The quantitative estimate of drug-likeness (QED) is 0.592. The first-order chi connectivity index (χ1) is 7.54. The molecule has 0 aliphatic carbocycles. The Labute approximate surface area is 97.3 Å². The predicted octanol–water partition coefficient (Wildman–Crippen LogP) is 0.350. The number of methoxy groups -OCH3 is 1. The van der Waals surface area contributed by atoms with Crippen LogP contribution in [-0.4, -0.2) is 62.0 Å². The van der Waals surface area contributed by atoms with Crippen LogP contribution in [0.15, 0.2) is 0 Å². The molecule has 0 atom stereocenters. The molecule has 0 saturated carbocycles. The number of likely N-dealkylation sites (N-methyl/N-ethyl adjacent to an activating group) is 2. The van der Waals surface area contributed by atoms with Gasteiger partial charge in [0.15, 0.2) is 0 Å². The fourth-order valence-corrected chi connectivity index (χ4v) is 1.19. The lowest BCUT2D eigenvalue weighted by atomic mass is 10.3. The van der Waals surface area contributed by atoms with Gasteiger partial charge in [0, 0.05) is 20.1 Å². The third-order valence-electron chi connectivity index (χ3n) is 2.57. The van der Waals surface area contributed by atoms with Crippen molar-refractivity contribution in [1.82, 2.24) is 9.80 Å². The van der Waals surface area contributed by atoms with E-state index in [1.54, 1.807) is 11.9 Å². The first-order valence-corrected chi connectivity index (χ1v) is 5.58. The van der Waals surface area contributed by atoms with Crippen molar-refractivity contribution in [3.63, 3.8) is 0 Å². The highest BCUT2D eigenvalue weighted by molar-refractivity contribution is 5.78. The molecular formula is C11H22N2O3. The Hall–Kier alpha value is -1.10. The summed E-state index contributed by atoms with van der Waals surface area (Å²) in [6, 6.07) is 0. The molecule has 0 aromatic carbocycles. The molecule has 5 nitrogen and oxygen atoms in total. The van der Waals surface area contributed by atoms with Crippen molar-refractivity contribution in [3.8, 4) is 0 Å². The number of nitrogens with zero attached hydrogens (tertiary/aromatic N) is 2. The van der Waals surface area contributed by atoms with E-state index in [2.05, 4.69) is 4.74 Å². The molecule has 0 N–H and O–H groups in total. The van der Waals surface area contributed by atoms with Crippen LogP contribution in [0.2, 0.25) is 0 Å². The molecule has 1 amide bonds. The largest absolute Gasteiger partial charge is 0.469 e. The summed E-state index contributed by atoms with van der Waals surface area (Å²) in [6.07, 6.45) is 0.327. The monoisotopic (exact) mass is 230 g/mol. The highest BCUT2D eigenvalue weighted by atomic mass is 16.5. The zero-order valence-corrected chi connectivity index (χ0v) is 10.7. The normalized spacial score (nSPS) is 10.3. The Morgan fingerprint density at radius 2 is 1.81 bits per heavy atom. The fraction of sp³-hybridized carbons (Fsp3) is 0.818. The molecule has 5 heteroatoms. The maximum absolute atomic E-state index is 11.6. The van der Waals surface area contributed by atoms with E-state index in [0.717, 1.165) is 6.54 Å². The molecule has 0 spiro atoms. The molecule has 0 unspecified atom stereocenters. The van der Waals surface area contributed by atoms with Crippen LogP contribution in [0.25, 0.3) is 0 Å². The van der Waals surface area contributed by atoms with Crippen LogP contribution >= 0.6 is 0 Å². The first-order valence-electron chi connectivity index (χ1n) is 5.58. The second kappa shape index (κ2) is 8.10. The summed E-state index contributed by atoms with van der Waals surface area (Å²) in [5.74, 6) is -0.163. The molecule has 0 aromatic heterocycles. The minimum absolute atomic E-state index is 0.0780. The molecule has 0 saturated heterocycles. The summed E-state index contributed by atoms with van der Waals surface area (Å²) >= 11 is 0. The van der Waals surface area contributed by atoms with Gasteiger partial charge in [-0.2, -0.15) is 0 Å². The maximum atomic E-state index is 11.6. The van der Waals surface area contributed by atoms with Gasteiger partial charge in [-0.15, -0.1) is 0 Å². The number of rotatable bonds is 7. The Morgan fingerprint density at radius 1 is 1.19 bits per heavy atom. The lowest BCUT2D eigenvalue weighted by Gasteiger charge is -2.22. The number of hydrogen-bond acceptors (Lipinski definition) is 4. The van der Waals surface area contributed by atoms with E-state index in [9.17, 15) is 9.59 Å². The summed E-state index contributed by atoms with van der Waals surface area (Å²) in [6.45, 7) is 6.27. The number of amides is 1. The summed E-state index contributed by atoms with van der Waals surface area (Å²) in [4.78, 5) is 26.2. The Balaban J connectivity index is 4.00. The van der Waals surface area contributed by atoms with Gasteiger partial charge in [0.25, 0.3) is 0 Å². The van der Waals surface area contributed by atoms with Crippen molar-refractivity contribution in [2.24, 2.45) is 0 Å². The molecule has 0 rings (SSSR count). The molecule has 16 heavy (non-hydrogen) atoms. The van der Waals surface area contributed by atoms with Crippen LogP contribution in [-0.2, 0) is 14.3 Å². The minimum Gasteiger partial charge on any atom is -0.469 e. The van der Waals surface area contributed by atoms with Gasteiger partial charge < -0.3 is 9.64 Å². The molecule has 0 radical (unpaired) electrons. The summed E-state index contributed by atoms with van der Waals surface area (Å²) in [5, 5.41) is 0. The van der Waals surface area contributed by atoms with Crippen molar-refractivity contribution in [3.05, 3.63) is 0 Å². The van der Waals surface area contributed by atoms with Crippen molar-refractivity contribution in [2.45, 2.75) is 20.3 Å². The molecule has 0 aliphatic rings. The van der Waals surface area contributed by atoms with Gasteiger partial charge in [-0.25, -0.2) is 0 Å². The third kappa shape index (κ3) is 5.70. The standard InChI is InChI=1S/C11H22N2O3/c1-5-12(3)10(14)9-13(6-2)8-7-11(15)16-4/h5-9H2,1-4H3. The number of ether oxygens (including phenoxy) is 1. The molecule has 0 heterocycles. The number of carbonyl (C=O) groups excluding carboxylic acids is 2. The zero-order valence-electron chi connectivity index (χ0n) is 10.7. The van der Waals surface area contributed by atoms with E-state index < -0.39 is 0 Å². The van der Waals surface area contributed by atoms with Gasteiger partial charge in [0.2, 0.25) is 5.91 Å². The maximum Gasteiger partial charge on any atom is 0.306 e. The van der Waals surface area contributed by atoms with Crippen molar-refractivity contribution >= 4 is 11.9 Å². The predicted molar refractivity (Wildman–Crippen MR) is 62.1 cm³/mol. The minimum atomic E-state index is -0.241. The second-order valence-corrected chi connectivity index (χ2v) is 3.60. The highest BCUT2D eigenvalue weighted by Crippen LogP contribution is 1.95. The molecule has 0 fully saturated rings. The smallest absolute Gasteiger partial charge is 0.306 e. The van der Waals surface area contributed by atoms with Crippen molar-refractivity contribution in [2.75, 3.05) is 40.3 Å². The highest BCUT2D eigenvalue weighted by Gasteiger charge is 2.13. The van der Waals surface area contributed by atoms with E-state index >= 15 is 0 Å². The van der Waals surface area contributed by atoms with Crippen LogP contribution in [0.5, 0.6) is 0 Å². The average molecular weight is 230 g/mol. The summed E-state index contributed by atoms with van der Waals surface area (Å²) in [5.41, 5.74) is 0. The van der Waals surface area contributed by atoms with E-state index in [4.69, 9.17) is 0 Å². The number of esters is 1. The first kappa shape index (κ1) is 14.9. The van der Waals surface area contributed by atoms with Gasteiger partial charge in [-0.3, -0.25) is 14.5 Å². The lowest BCUT2D eigenvalue weighted by molar-refractivity contribution is -0.141. The molecule has 0 aromatic rings. The lowest BCUT2D eigenvalue weighted by Crippen LogP contribution is -2.39. The zero-order chi connectivity index (χ0) is 12.6.